The minimum atomic E-state index is -5.02. The van der Waals surface area contributed by atoms with Crippen LogP contribution in [-0.4, -0.2) is 77.3 Å². The number of carbonyl (C=O) groups is 1. The van der Waals surface area contributed by atoms with Crippen molar-refractivity contribution in [3.63, 3.8) is 0 Å². The average molecular weight is 701 g/mol. The van der Waals surface area contributed by atoms with Gasteiger partial charge >= 0.3 is 6.18 Å². The number of hydrogen-bond donors (Lipinski definition) is 1. The van der Waals surface area contributed by atoms with Crippen molar-refractivity contribution in [3.8, 4) is 28.7 Å². The number of rotatable bonds is 11. The van der Waals surface area contributed by atoms with Crippen LogP contribution in [-0.2, 0) is 10.9 Å². The van der Waals surface area contributed by atoms with Crippen LogP contribution in [0, 0.1) is 5.82 Å². The molecule has 49 heavy (non-hydrogen) atoms. The van der Waals surface area contributed by atoms with Crippen molar-refractivity contribution < 1.29 is 41.3 Å². The van der Waals surface area contributed by atoms with Gasteiger partial charge in [-0.1, -0.05) is 28.9 Å². The highest BCUT2D eigenvalue weighted by Gasteiger charge is 2.42. The maximum atomic E-state index is 15.3. The van der Waals surface area contributed by atoms with Crippen molar-refractivity contribution in [1.29, 1.82) is 0 Å². The molecule has 3 heterocycles. The standard InChI is InChI=1S/C33H29ClF4N6O5/c1-46-28-18-21-24(19-29(28)48-14-4-11-43-12-15-47-16-13-43)39-10-9-26(21)49-27-8-7-20(17-23(27)35)40-32(45)30-31(33(36,37)38)44(42-41-30)25-6-3-2-5-22(25)34/h2-3,5-10,17-19H,4,11-16H2,1H3,(H,40,45). The van der Waals surface area contributed by atoms with Gasteiger partial charge in [-0.05, 0) is 42.8 Å². The number of benzene rings is 3. The summed E-state index contributed by atoms with van der Waals surface area (Å²) in [6.07, 6.45) is -2.73. The van der Waals surface area contributed by atoms with Crippen LogP contribution in [0.2, 0.25) is 5.02 Å². The molecule has 1 N–H and O–H groups in total. The maximum Gasteiger partial charge on any atom is 0.435 e. The van der Waals surface area contributed by atoms with E-state index in [4.69, 9.17) is 30.5 Å². The van der Waals surface area contributed by atoms with Crippen LogP contribution in [0.25, 0.3) is 16.6 Å². The smallest absolute Gasteiger partial charge is 0.435 e. The second-order valence-electron chi connectivity index (χ2n) is 10.8. The lowest BCUT2D eigenvalue weighted by atomic mass is 10.1. The molecule has 0 radical (unpaired) electrons. The lowest BCUT2D eigenvalue weighted by Crippen LogP contribution is -2.37. The first-order valence-electron chi connectivity index (χ1n) is 15.1. The number of ether oxygens (including phenoxy) is 4. The number of methoxy groups -OCH3 is 1. The van der Waals surface area contributed by atoms with E-state index in [0.717, 1.165) is 45.3 Å². The fourth-order valence-electron chi connectivity index (χ4n) is 5.24. The summed E-state index contributed by atoms with van der Waals surface area (Å²) in [5.74, 6) is -1.19. The van der Waals surface area contributed by atoms with Gasteiger partial charge in [0.25, 0.3) is 5.91 Å². The molecule has 3 aromatic carbocycles. The summed E-state index contributed by atoms with van der Waals surface area (Å²) in [5.41, 5.74) is -2.23. The Bertz CT molecular complexity index is 1970. The number of carbonyl (C=O) groups excluding carboxylic acids is 1. The SMILES string of the molecule is COc1cc2c(Oc3ccc(NC(=O)c4nnn(-c5ccccc5Cl)c4C(F)(F)F)cc3F)ccnc2cc1OCCCN1CCOCC1. The van der Waals surface area contributed by atoms with Gasteiger partial charge in [0.05, 0.1) is 43.2 Å². The summed E-state index contributed by atoms with van der Waals surface area (Å²) in [7, 11) is 1.50. The number of fused-ring (bicyclic) bond motifs is 1. The molecule has 1 fully saturated rings. The summed E-state index contributed by atoms with van der Waals surface area (Å²) in [4.78, 5) is 19.6. The topological polar surface area (TPSA) is 113 Å². The Labute approximate surface area is 282 Å². The number of amides is 1. The molecule has 0 bridgehead atoms. The van der Waals surface area contributed by atoms with Gasteiger partial charge in [-0.2, -0.15) is 13.2 Å². The summed E-state index contributed by atoms with van der Waals surface area (Å²) >= 11 is 6.06. The zero-order valence-electron chi connectivity index (χ0n) is 26.0. The van der Waals surface area contributed by atoms with Crippen molar-refractivity contribution in [2.75, 3.05) is 51.9 Å². The normalized spacial score (nSPS) is 13.8. The van der Waals surface area contributed by atoms with Crippen molar-refractivity contribution in [2.24, 2.45) is 0 Å². The van der Waals surface area contributed by atoms with E-state index in [2.05, 4.69) is 25.5 Å². The lowest BCUT2D eigenvalue weighted by molar-refractivity contribution is -0.143. The number of para-hydroxylation sites is 1. The molecule has 6 rings (SSSR count). The van der Waals surface area contributed by atoms with Crippen molar-refractivity contribution in [1.82, 2.24) is 24.9 Å². The van der Waals surface area contributed by atoms with E-state index in [1.807, 2.05) is 0 Å². The van der Waals surface area contributed by atoms with Crippen molar-refractivity contribution >= 4 is 34.1 Å². The summed E-state index contributed by atoms with van der Waals surface area (Å²) in [6.45, 7) is 4.57. The first-order valence-corrected chi connectivity index (χ1v) is 15.5. The minimum Gasteiger partial charge on any atom is -0.493 e. The van der Waals surface area contributed by atoms with Crippen LogP contribution in [0.1, 0.15) is 22.6 Å². The molecule has 0 unspecified atom stereocenters. The van der Waals surface area contributed by atoms with Gasteiger partial charge in [-0.3, -0.25) is 14.7 Å². The first-order chi connectivity index (χ1) is 23.6. The van der Waals surface area contributed by atoms with E-state index in [1.54, 1.807) is 18.2 Å². The molecule has 0 aliphatic carbocycles. The number of morpholine rings is 1. The Balaban J connectivity index is 1.17. The Hall–Kier alpha value is -4.99. The number of pyridine rings is 1. The van der Waals surface area contributed by atoms with Gasteiger partial charge in [0.2, 0.25) is 0 Å². The largest absolute Gasteiger partial charge is 0.493 e. The third-order valence-electron chi connectivity index (χ3n) is 7.61. The maximum absolute atomic E-state index is 15.3. The molecule has 1 amide bonds. The van der Waals surface area contributed by atoms with Crippen LogP contribution in [0.5, 0.6) is 23.0 Å². The van der Waals surface area contributed by atoms with E-state index in [0.29, 0.717) is 33.7 Å². The van der Waals surface area contributed by atoms with Crippen LogP contribution in [0.4, 0.5) is 23.2 Å². The average Bonchev–Trinajstić information content (AvgIpc) is 3.55. The van der Waals surface area contributed by atoms with Gasteiger partial charge in [0, 0.05) is 49.0 Å². The van der Waals surface area contributed by atoms with Crippen LogP contribution in [0.15, 0.2) is 66.9 Å². The Morgan fingerprint density at radius 3 is 2.55 bits per heavy atom. The highest BCUT2D eigenvalue weighted by molar-refractivity contribution is 6.32. The molecule has 16 heteroatoms. The highest BCUT2D eigenvalue weighted by atomic mass is 35.5. The number of anilines is 1. The molecule has 1 saturated heterocycles. The molecular weight excluding hydrogens is 672 g/mol. The predicted molar refractivity (Wildman–Crippen MR) is 171 cm³/mol. The van der Waals surface area contributed by atoms with E-state index in [-0.39, 0.29) is 27.9 Å². The lowest BCUT2D eigenvalue weighted by Gasteiger charge is -2.26. The molecule has 256 valence electrons. The number of hydrogen-bond acceptors (Lipinski definition) is 9. The molecule has 2 aromatic heterocycles. The summed E-state index contributed by atoms with van der Waals surface area (Å²) in [6, 6.07) is 14.0. The van der Waals surface area contributed by atoms with Crippen LogP contribution in [0.3, 0.4) is 0 Å². The number of aromatic nitrogens is 4. The minimum absolute atomic E-state index is 0.0353. The van der Waals surface area contributed by atoms with E-state index in [9.17, 15) is 18.0 Å². The molecular formula is C33H29ClF4N6O5. The monoisotopic (exact) mass is 700 g/mol. The Morgan fingerprint density at radius 1 is 1.02 bits per heavy atom. The van der Waals surface area contributed by atoms with Gasteiger partial charge in [-0.25, -0.2) is 9.07 Å². The van der Waals surface area contributed by atoms with E-state index in [1.165, 1.54) is 49.7 Å². The highest BCUT2D eigenvalue weighted by Crippen LogP contribution is 2.38. The van der Waals surface area contributed by atoms with E-state index < -0.39 is 29.3 Å². The fourth-order valence-corrected chi connectivity index (χ4v) is 5.45. The van der Waals surface area contributed by atoms with Gasteiger partial charge in [0.15, 0.2) is 34.5 Å². The molecule has 1 aliphatic rings. The predicted octanol–water partition coefficient (Wildman–Crippen LogP) is 6.78. The van der Waals surface area contributed by atoms with Crippen molar-refractivity contribution in [3.05, 3.63) is 89.1 Å². The quantitative estimate of drug-likeness (QED) is 0.118. The number of nitrogens with one attached hydrogen (secondary N) is 1. The molecule has 0 spiro atoms. The summed E-state index contributed by atoms with van der Waals surface area (Å²) in [5, 5.41) is 9.68. The molecule has 1 aliphatic heterocycles. The van der Waals surface area contributed by atoms with Gasteiger partial charge in [0.1, 0.15) is 5.75 Å². The Kier molecular flexibility index (Phi) is 10.1. The zero-order chi connectivity index (χ0) is 34.5. The molecule has 0 saturated carbocycles. The van der Waals surface area contributed by atoms with Crippen molar-refractivity contribution in [2.45, 2.75) is 12.6 Å². The molecule has 11 nitrogen and oxygen atoms in total. The Morgan fingerprint density at radius 2 is 1.82 bits per heavy atom. The first kappa shape index (κ1) is 33.9. The second kappa shape index (κ2) is 14.6. The van der Waals surface area contributed by atoms with Gasteiger partial charge < -0.3 is 24.3 Å². The van der Waals surface area contributed by atoms with E-state index >= 15 is 4.39 Å². The number of nitrogens with zero attached hydrogens (tertiary/aromatic N) is 5. The van der Waals surface area contributed by atoms with Crippen LogP contribution >= 0.6 is 11.6 Å². The van der Waals surface area contributed by atoms with Crippen LogP contribution < -0.4 is 19.5 Å². The number of alkyl halides is 3. The third-order valence-corrected chi connectivity index (χ3v) is 7.93. The fraction of sp³-hybridized carbons (Fsp3) is 0.273. The number of halogens is 5. The zero-order valence-corrected chi connectivity index (χ0v) is 26.7. The molecule has 5 aromatic rings. The van der Waals surface area contributed by atoms with Gasteiger partial charge in [-0.15, -0.1) is 5.10 Å². The second-order valence-corrected chi connectivity index (χ2v) is 11.2. The molecule has 0 atom stereocenters. The third kappa shape index (κ3) is 7.69. The summed E-state index contributed by atoms with van der Waals surface area (Å²) < 4.78 is 80.7.